The molecule has 0 amide bonds. The monoisotopic (exact) mass is 485 g/mol. The summed E-state index contributed by atoms with van der Waals surface area (Å²) in [7, 11) is 0.719. The number of allylic oxidation sites excluding steroid dienone is 4. The van der Waals surface area contributed by atoms with Crippen molar-refractivity contribution in [2.75, 3.05) is 7.11 Å². The Labute approximate surface area is 204 Å². The fourth-order valence-electron chi connectivity index (χ4n) is 4.18. The van der Waals surface area contributed by atoms with Crippen LogP contribution in [0.5, 0.6) is 5.88 Å². The second-order valence-corrected chi connectivity index (χ2v) is 10.1. The molecule has 33 heavy (non-hydrogen) atoms. The van der Waals surface area contributed by atoms with Crippen LogP contribution in [0.4, 0.5) is 0 Å². The molecule has 0 radical (unpaired) electrons. The fraction of sp³-hybridized carbons (Fsp3) is 0.360. The summed E-state index contributed by atoms with van der Waals surface area (Å²) in [5.74, 6) is 0.213. The number of hydrogen-bond acceptors (Lipinski definition) is 5. The summed E-state index contributed by atoms with van der Waals surface area (Å²) >= 11 is 13.8. The van der Waals surface area contributed by atoms with Gasteiger partial charge in [0.05, 0.1) is 40.3 Å². The maximum Gasteiger partial charge on any atom is 0.476 e. The SMILES string of the molecule is COc1nc(C2(B3OC(C)(C)C(C)(C)O3)C=CC=C(c3ccccc3Cl)C2Cl)ccc1C=O. The van der Waals surface area contributed by atoms with Gasteiger partial charge in [-0.25, -0.2) is 4.98 Å². The summed E-state index contributed by atoms with van der Waals surface area (Å²) in [6, 6.07) is 11.0. The van der Waals surface area contributed by atoms with E-state index in [1.165, 1.54) is 7.11 Å². The van der Waals surface area contributed by atoms with Crippen LogP contribution >= 0.6 is 23.2 Å². The quantitative estimate of drug-likeness (QED) is 0.309. The average molecular weight is 486 g/mol. The number of halogens is 2. The predicted molar refractivity (Wildman–Crippen MR) is 132 cm³/mol. The first kappa shape index (κ1) is 24.0. The molecule has 0 spiro atoms. The predicted octanol–water partition coefficient (Wildman–Crippen LogP) is 5.69. The van der Waals surface area contributed by atoms with Crippen molar-refractivity contribution in [3.63, 3.8) is 0 Å². The number of benzene rings is 1. The Hall–Kier alpha value is -2.12. The molecule has 1 aromatic carbocycles. The van der Waals surface area contributed by atoms with Crippen LogP contribution in [0, 0.1) is 0 Å². The van der Waals surface area contributed by atoms with Gasteiger partial charge in [0.25, 0.3) is 0 Å². The Morgan fingerprint density at radius 1 is 1.09 bits per heavy atom. The lowest BCUT2D eigenvalue weighted by molar-refractivity contribution is 0.00578. The van der Waals surface area contributed by atoms with Crippen molar-refractivity contribution in [3.8, 4) is 5.88 Å². The first-order chi connectivity index (χ1) is 15.6. The zero-order chi connectivity index (χ0) is 24.0. The van der Waals surface area contributed by atoms with Gasteiger partial charge in [0.2, 0.25) is 5.88 Å². The van der Waals surface area contributed by atoms with Crippen LogP contribution in [0.2, 0.25) is 5.02 Å². The number of pyridine rings is 1. The summed E-state index contributed by atoms with van der Waals surface area (Å²) in [5, 5.41) is -1.07. The number of carbonyl (C=O) groups excluding carboxylic acids is 1. The Kier molecular flexibility index (Phi) is 6.25. The Morgan fingerprint density at radius 2 is 1.76 bits per heavy atom. The number of methoxy groups -OCH3 is 1. The van der Waals surface area contributed by atoms with E-state index in [1.54, 1.807) is 12.1 Å². The molecule has 1 aliphatic heterocycles. The van der Waals surface area contributed by atoms with Gasteiger partial charge in [-0.2, -0.15) is 0 Å². The van der Waals surface area contributed by atoms with E-state index < -0.39 is 29.0 Å². The molecule has 5 nitrogen and oxygen atoms in total. The van der Waals surface area contributed by atoms with Crippen LogP contribution in [0.25, 0.3) is 5.57 Å². The van der Waals surface area contributed by atoms with Gasteiger partial charge in [-0.05, 0) is 57.0 Å². The number of rotatable bonds is 5. The van der Waals surface area contributed by atoms with E-state index in [0.29, 0.717) is 22.6 Å². The molecule has 1 aliphatic carbocycles. The lowest BCUT2D eigenvalue weighted by Gasteiger charge is -2.39. The highest BCUT2D eigenvalue weighted by molar-refractivity contribution is 6.54. The summed E-state index contributed by atoms with van der Waals surface area (Å²) in [6.45, 7) is 7.96. The Morgan fingerprint density at radius 3 is 2.36 bits per heavy atom. The van der Waals surface area contributed by atoms with Gasteiger partial charge in [-0.15, -0.1) is 11.6 Å². The second-order valence-electron chi connectivity index (χ2n) is 9.26. The number of nitrogens with zero attached hydrogens (tertiary/aromatic N) is 1. The number of aldehydes is 1. The van der Waals surface area contributed by atoms with Crippen molar-refractivity contribution in [2.45, 2.75) is 49.6 Å². The Balaban J connectivity index is 1.92. The van der Waals surface area contributed by atoms with Crippen LogP contribution in [0.3, 0.4) is 0 Å². The van der Waals surface area contributed by atoms with Crippen LogP contribution in [-0.4, -0.2) is 42.1 Å². The molecule has 2 aliphatic rings. The molecule has 2 heterocycles. The van der Waals surface area contributed by atoms with Crippen LogP contribution in [0.15, 0.2) is 54.6 Å². The highest BCUT2D eigenvalue weighted by atomic mass is 35.5. The molecule has 8 heteroatoms. The second kappa shape index (κ2) is 8.59. The lowest BCUT2D eigenvalue weighted by Crippen LogP contribution is -2.52. The van der Waals surface area contributed by atoms with E-state index in [0.717, 1.165) is 11.1 Å². The number of ether oxygens (including phenoxy) is 1. The summed E-state index contributed by atoms with van der Waals surface area (Å²) < 4.78 is 18.4. The van der Waals surface area contributed by atoms with Gasteiger partial charge in [-0.3, -0.25) is 4.79 Å². The molecule has 0 bridgehead atoms. The zero-order valence-electron chi connectivity index (χ0n) is 19.3. The zero-order valence-corrected chi connectivity index (χ0v) is 20.8. The highest BCUT2D eigenvalue weighted by Crippen LogP contribution is 2.51. The van der Waals surface area contributed by atoms with E-state index >= 15 is 0 Å². The standard InChI is InChI=1S/C25H26BCl2NO4/c1-23(2)24(3,4)33-26(32-23)25(20-13-12-16(15-30)22(29-20)31-5)14-8-10-18(21(25)28)17-9-6-7-11-19(17)27/h6-15,21H,1-5H3. The smallest absolute Gasteiger partial charge is 0.476 e. The van der Waals surface area contributed by atoms with E-state index in [2.05, 4.69) is 4.98 Å². The van der Waals surface area contributed by atoms with Crippen molar-refractivity contribution >= 4 is 42.2 Å². The number of carbonyl (C=O) groups is 1. The normalized spacial score (nSPS) is 25.6. The molecule has 1 fully saturated rings. The Bertz CT molecular complexity index is 1130. The van der Waals surface area contributed by atoms with Crippen molar-refractivity contribution in [3.05, 3.63) is 76.5 Å². The average Bonchev–Trinajstić information content (AvgIpc) is 3.01. The van der Waals surface area contributed by atoms with Gasteiger partial charge in [-0.1, -0.05) is 48.0 Å². The first-order valence-corrected chi connectivity index (χ1v) is 11.5. The van der Waals surface area contributed by atoms with Gasteiger partial charge in [0, 0.05) is 5.02 Å². The number of aromatic nitrogens is 1. The fourth-order valence-corrected chi connectivity index (χ4v) is 4.90. The lowest BCUT2D eigenvalue weighted by atomic mass is 9.51. The van der Waals surface area contributed by atoms with Gasteiger partial charge < -0.3 is 14.0 Å². The van der Waals surface area contributed by atoms with Gasteiger partial charge in [0.15, 0.2) is 6.29 Å². The summed E-state index contributed by atoms with van der Waals surface area (Å²) in [6.07, 6.45) is 6.53. The number of alkyl halides is 1. The van der Waals surface area contributed by atoms with Crippen LogP contribution in [-0.2, 0) is 14.6 Å². The topological polar surface area (TPSA) is 57.6 Å². The molecule has 4 rings (SSSR count). The molecular weight excluding hydrogens is 460 g/mol. The molecular formula is C25H26BCl2NO4. The van der Waals surface area contributed by atoms with Gasteiger partial charge in [0.1, 0.15) is 0 Å². The van der Waals surface area contributed by atoms with Crippen molar-refractivity contribution < 1.29 is 18.8 Å². The van der Waals surface area contributed by atoms with Crippen molar-refractivity contribution in [2.24, 2.45) is 0 Å². The molecule has 1 saturated heterocycles. The molecule has 2 unspecified atom stereocenters. The van der Waals surface area contributed by atoms with E-state index in [4.69, 9.17) is 37.2 Å². The third-order valence-corrected chi connectivity index (χ3v) is 7.75. The van der Waals surface area contributed by atoms with E-state index in [1.807, 2.05) is 70.2 Å². The minimum atomic E-state index is -1.02. The molecule has 0 saturated carbocycles. The maximum absolute atomic E-state index is 11.5. The van der Waals surface area contributed by atoms with Crippen molar-refractivity contribution in [1.29, 1.82) is 0 Å². The first-order valence-electron chi connectivity index (χ1n) is 10.7. The minimum absolute atomic E-state index is 0.213. The van der Waals surface area contributed by atoms with E-state index in [9.17, 15) is 4.79 Å². The highest BCUT2D eigenvalue weighted by Gasteiger charge is 2.63. The molecule has 172 valence electrons. The maximum atomic E-state index is 11.5. The molecule has 1 aromatic heterocycles. The number of hydrogen-bond donors (Lipinski definition) is 0. The van der Waals surface area contributed by atoms with Crippen LogP contribution < -0.4 is 4.74 Å². The summed E-state index contributed by atoms with van der Waals surface area (Å²) in [4.78, 5) is 16.2. The molecule has 0 N–H and O–H groups in total. The largest absolute Gasteiger partial charge is 0.480 e. The van der Waals surface area contributed by atoms with Gasteiger partial charge >= 0.3 is 7.12 Å². The summed E-state index contributed by atoms with van der Waals surface area (Å²) in [5.41, 5.74) is 1.37. The molecule has 2 aromatic rings. The van der Waals surface area contributed by atoms with E-state index in [-0.39, 0.29) is 5.88 Å². The third-order valence-electron chi connectivity index (χ3n) is 6.82. The third kappa shape index (κ3) is 3.83. The van der Waals surface area contributed by atoms with Crippen LogP contribution in [0.1, 0.15) is 49.3 Å². The minimum Gasteiger partial charge on any atom is -0.480 e. The van der Waals surface area contributed by atoms with Crippen molar-refractivity contribution in [1.82, 2.24) is 4.98 Å². The molecule has 2 atom stereocenters.